The minimum Gasteiger partial charge on any atom is -0.308 e. The van der Waals surface area contributed by atoms with Crippen molar-refractivity contribution in [2.75, 3.05) is 0 Å². The van der Waals surface area contributed by atoms with E-state index in [0.29, 0.717) is 23.7 Å². The molecule has 104 valence electrons. The quantitative estimate of drug-likeness (QED) is 0.642. The molecule has 2 aromatic carbocycles. The maximum absolute atomic E-state index is 10.9. The molecule has 0 aliphatic carbocycles. The van der Waals surface area contributed by atoms with Crippen molar-refractivity contribution in [3.05, 3.63) is 73.2 Å². The van der Waals surface area contributed by atoms with Crippen LogP contribution in [0.5, 0.6) is 0 Å². The van der Waals surface area contributed by atoms with E-state index in [4.69, 9.17) is 11.6 Å². The molecule has 0 aromatic heterocycles. The Labute approximate surface area is 130 Å². The van der Waals surface area contributed by atoms with Crippen LogP contribution in [0.1, 0.15) is 11.1 Å². The highest BCUT2D eigenvalue weighted by atomic mass is 79.9. The van der Waals surface area contributed by atoms with Gasteiger partial charge in [0.15, 0.2) is 0 Å². The van der Waals surface area contributed by atoms with Gasteiger partial charge in [0.1, 0.15) is 0 Å². The predicted molar refractivity (Wildman–Crippen MR) is 82.8 cm³/mol. The van der Waals surface area contributed by atoms with E-state index in [1.807, 2.05) is 18.2 Å². The van der Waals surface area contributed by atoms with Gasteiger partial charge in [0.2, 0.25) is 0 Å². The molecule has 0 aliphatic heterocycles. The fourth-order valence-electron chi connectivity index (χ4n) is 1.83. The van der Waals surface area contributed by atoms with E-state index in [1.165, 1.54) is 6.07 Å². The lowest BCUT2D eigenvalue weighted by atomic mass is 10.1. The third-order valence-electron chi connectivity index (χ3n) is 2.82. The Hall–Kier alpha value is -1.43. The van der Waals surface area contributed by atoms with Gasteiger partial charge in [-0.1, -0.05) is 35.9 Å². The number of benzene rings is 2. The van der Waals surface area contributed by atoms with Gasteiger partial charge >= 0.3 is 0 Å². The number of nitrogens with zero attached hydrogens (tertiary/aromatic N) is 1. The molecule has 0 spiro atoms. The van der Waals surface area contributed by atoms with Gasteiger partial charge < -0.3 is 5.32 Å². The molecule has 0 bridgehead atoms. The van der Waals surface area contributed by atoms with E-state index >= 15 is 0 Å². The smallest absolute Gasteiger partial charge is 0.273 e. The predicted octanol–water partition coefficient (Wildman–Crippen LogP) is 4.30. The number of rotatable bonds is 5. The minimum absolute atomic E-state index is 0.136. The van der Waals surface area contributed by atoms with Gasteiger partial charge in [-0.3, -0.25) is 10.1 Å². The number of nitro benzene ring substituents is 1. The molecule has 0 saturated heterocycles. The Bertz CT molecular complexity index is 634. The number of hydrogen-bond acceptors (Lipinski definition) is 3. The van der Waals surface area contributed by atoms with Crippen molar-refractivity contribution in [3.63, 3.8) is 0 Å². The second kappa shape index (κ2) is 6.83. The lowest BCUT2D eigenvalue weighted by Gasteiger charge is -2.07. The molecule has 6 heteroatoms. The summed E-state index contributed by atoms with van der Waals surface area (Å²) in [5.74, 6) is 0. The topological polar surface area (TPSA) is 55.2 Å². The van der Waals surface area contributed by atoms with Gasteiger partial charge in [-0.25, -0.2) is 0 Å². The molecular weight excluding hydrogens is 344 g/mol. The fraction of sp³-hybridized carbons (Fsp3) is 0.143. The van der Waals surface area contributed by atoms with Crippen LogP contribution < -0.4 is 5.32 Å². The largest absolute Gasteiger partial charge is 0.308 e. The minimum atomic E-state index is -0.365. The van der Waals surface area contributed by atoms with E-state index in [-0.39, 0.29) is 10.6 Å². The van der Waals surface area contributed by atoms with Crippen molar-refractivity contribution >= 4 is 33.2 Å². The van der Waals surface area contributed by atoms with Crippen LogP contribution in [0, 0.1) is 10.1 Å². The molecule has 20 heavy (non-hydrogen) atoms. The van der Waals surface area contributed by atoms with Crippen LogP contribution >= 0.6 is 27.5 Å². The van der Waals surface area contributed by atoms with Crippen molar-refractivity contribution in [2.24, 2.45) is 0 Å². The lowest BCUT2D eigenvalue weighted by molar-refractivity contribution is -0.385. The summed E-state index contributed by atoms with van der Waals surface area (Å²) in [7, 11) is 0. The summed E-state index contributed by atoms with van der Waals surface area (Å²) in [5, 5.41) is 14.7. The summed E-state index contributed by atoms with van der Waals surface area (Å²) in [6, 6.07) is 12.4. The summed E-state index contributed by atoms with van der Waals surface area (Å²) in [6.07, 6.45) is 0. The second-order valence-corrected chi connectivity index (χ2v) is 5.50. The number of nitrogens with one attached hydrogen (secondary N) is 1. The number of nitro groups is 1. The molecule has 0 saturated carbocycles. The van der Waals surface area contributed by atoms with Gasteiger partial charge in [0.05, 0.1) is 9.95 Å². The summed E-state index contributed by atoms with van der Waals surface area (Å²) in [5.41, 5.74) is 1.86. The average Bonchev–Trinajstić information content (AvgIpc) is 2.43. The van der Waals surface area contributed by atoms with Crippen LogP contribution in [0.25, 0.3) is 0 Å². The van der Waals surface area contributed by atoms with Crippen molar-refractivity contribution in [1.82, 2.24) is 5.32 Å². The highest BCUT2D eigenvalue weighted by Gasteiger charge is 2.11. The van der Waals surface area contributed by atoms with Crippen LogP contribution in [0.15, 0.2) is 46.9 Å². The first-order chi connectivity index (χ1) is 9.58. The highest BCUT2D eigenvalue weighted by molar-refractivity contribution is 9.10. The summed E-state index contributed by atoms with van der Waals surface area (Å²) in [4.78, 5) is 10.5. The zero-order valence-corrected chi connectivity index (χ0v) is 12.8. The van der Waals surface area contributed by atoms with Crippen molar-refractivity contribution < 1.29 is 4.92 Å². The Morgan fingerprint density at radius 1 is 1.20 bits per heavy atom. The second-order valence-electron chi connectivity index (χ2n) is 4.24. The van der Waals surface area contributed by atoms with Crippen LogP contribution in [-0.2, 0) is 13.1 Å². The van der Waals surface area contributed by atoms with E-state index in [0.717, 1.165) is 10.0 Å². The van der Waals surface area contributed by atoms with E-state index in [2.05, 4.69) is 21.2 Å². The van der Waals surface area contributed by atoms with Crippen molar-refractivity contribution in [1.29, 1.82) is 0 Å². The first-order valence-corrected chi connectivity index (χ1v) is 7.12. The van der Waals surface area contributed by atoms with Crippen LogP contribution in [0.2, 0.25) is 5.02 Å². The SMILES string of the molecule is O=[N+]([O-])c1ccccc1CNCc1ccc(Cl)c(Br)c1. The Balaban J connectivity index is 1.99. The monoisotopic (exact) mass is 354 g/mol. The Kier molecular flexibility index (Phi) is 5.11. The van der Waals surface area contributed by atoms with Gasteiger partial charge in [0.25, 0.3) is 5.69 Å². The molecule has 0 unspecified atom stereocenters. The molecule has 1 N–H and O–H groups in total. The molecule has 0 fully saturated rings. The molecule has 2 aromatic rings. The first kappa shape index (κ1) is 15.0. The van der Waals surface area contributed by atoms with Crippen LogP contribution in [-0.4, -0.2) is 4.92 Å². The standard InChI is InChI=1S/C14H12BrClN2O2/c15-12-7-10(5-6-13(12)16)8-17-9-11-3-1-2-4-14(11)18(19)20/h1-7,17H,8-9H2. The molecule has 0 heterocycles. The maximum Gasteiger partial charge on any atom is 0.273 e. The van der Waals surface area contributed by atoms with Gasteiger partial charge in [-0.2, -0.15) is 0 Å². The van der Waals surface area contributed by atoms with E-state index < -0.39 is 0 Å². The number of para-hydroxylation sites is 1. The van der Waals surface area contributed by atoms with Gasteiger partial charge in [-0.15, -0.1) is 0 Å². The fourth-order valence-corrected chi connectivity index (χ4v) is 2.37. The zero-order valence-electron chi connectivity index (χ0n) is 10.5. The molecule has 2 rings (SSSR count). The zero-order chi connectivity index (χ0) is 14.5. The molecule has 0 aliphatic rings. The molecular formula is C14H12BrClN2O2. The first-order valence-electron chi connectivity index (χ1n) is 5.95. The van der Waals surface area contributed by atoms with Crippen molar-refractivity contribution in [3.8, 4) is 0 Å². The number of halogens is 2. The average molecular weight is 356 g/mol. The van der Waals surface area contributed by atoms with Gasteiger partial charge in [-0.05, 0) is 33.6 Å². The van der Waals surface area contributed by atoms with E-state index in [9.17, 15) is 10.1 Å². The third kappa shape index (κ3) is 3.79. The molecule has 0 amide bonds. The van der Waals surface area contributed by atoms with Crippen LogP contribution in [0.3, 0.4) is 0 Å². The number of hydrogen-bond donors (Lipinski definition) is 1. The Morgan fingerprint density at radius 3 is 2.65 bits per heavy atom. The third-order valence-corrected chi connectivity index (χ3v) is 4.03. The molecule has 4 nitrogen and oxygen atoms in total. The normalized spacial score (nSPS) is 10.5. The van der Waals surface area contributed by atoms with Crippen LogP contribution in [0.4, 0.5) is 5.69 Å². The van der Waals surface area contributed by atoms with E-state index in [1.54, 1.807) is 18.2 Å². The van der Waals surface area contributed by atoms with Crippen molar-refractivity contribution in [2.45, 2.75) is 13.1 Å². The summed E-state index contributed by atoms with van der Waals surface area (Å²) in [6.45, 7) is 1.05. The highest BCUT2D eigenvalue weighted by Crippen LogP contribution is 2.23. The maximum atomic E-state index is 10.9. The molecule has 0 atom stereocenters. The lowest BCUT2D eigenvalue weighted by Crippen LogP contribution is -2.13. The summed E-state index contributed by atoms with van der Waals surface area (Å²) < 4.78 is 0.837. The molecule has 0 radical (unpaired) electrons. The summed E-state index contributed by atoms with van der Waals surface area (Å²) >= 11 is 9.29. The Morgan fingerprint density at radius 2 is 1.95 bits per heavy atom. The van der Waals surface area contributed by atoms with Gasteiger partial charge in [0, 0.05) is 29.2 Å².